The lowest BCUT2D eigenvalue weighted by molar-refractivity contribution is -0.124. The third-order valence-corrected chi connectivity index (χ3v) is 4.43. The second-order valence-corrected chi connectivity index (χ2v) is 6.37. The summed E-state index contributed by atoms with van der Waals surface area (Å²) in [4.78, 5) is 26.7. The third kappa shape index (κ3) is 5.49. The fourth-order valence-corrected chi connectivity index (χ4v) is 2.92. The summed E-state index contributed by atoms with van der Waals surface area (Å²) >= 11 is 1.24. The molecule has 2 aromatic rings. The van der Waals surface area contributed by atoms with Gasteiger partial charge in [0.2, 0.25) is 5.91 Å². The van der Waals surface area contributed by atoms with E-state index in [1.54, 1.807) is 0 Å². The van der Waals surface area contributed by atoms with Crippen LogP contribution in [0.2, 0.25) is 0 Å². The lowest BCUT2D eigenvalue weighted by Gasteiger charge is -2.11. The minimum absolute atomic E-state index is 0.0230. The minimum atomic E-state index is -1.05. The average Bonchev–Trinajstić information content (AvgIpc) is 3.02. The first-order valence-corrected chi connectivity index (χ1v) is 8.43. The number of thiazole rings is 1. The zero-order valence-corrected chi connectivity index (χ0v) is 13.8. The lowest BCUT2D eigenvalue weighted by atomic mass is 10.0. The van der Waals surface area contributed by atoms with Crippen molar-refractivity contribution in [2.24, 2.45) is 5.92 Å². The number of nitrogens with one attached hydrogen (secondary N) is 1. The molecule has 0 aliphatic rings. The summed E-state index contributed by atoms with van der Waals surface area (Å²) in [5.41, 5.74) is 1.30. The number of aromatic nitrogens is 1. The molecule has 1 aromatic carbocycles. The Bertz CT molecular complexity index is 655. The molecule has 0 aliphatic heterocycles. The van der Waals surface area contributed by atoms with Crippen molar-refractivity contribution in [1.29, 1.82) is 0 Å². The lowest BCUT2D eigenvalue weighted by Crippen LogP contribution is -2.28. The first-order valence-electron chi connectivity index (χ1n) is 7.55. The Morgan fingerprint density at radius 2 is 2.04 bits per heavy atom. The number of nitrogens with zero attached hydrogens (tertiary/aromatic N) is 1. The first-order chi connectivity index (χ1) is 11.1. The SMILES string of the molecule is CC(CCCc1ccccc1)C(=O)NCc1nc(C(=O)O)cs1. The summed E-state index contributed by atoms with van der Waals surface area (Å²) in [6.07, 6.45) is 2.74. The molecule has 1 amide bonds. The number of rotatable bonds is 8. The Morgan fingerprint density at radius 3 is 2.70 bits per heavy atom. The van der Waals surface area contributed by atoms with Crippen LogP contribution in [0.4, 0.5) is 0 Å². The molecule has 0 aliphatic carbocycles. The van der Waals surface area contributed by atoms with Crippen molar-refractivity contribution in [3.63, 3.8) is 0 Å². The summed E-state index contributed by atoms with van der Waals surface area (Å²) in [6.45, 7) is 2.19. The van der Waals surface area contributed by atoms with E-state index >= 15 is 0 Å². The summed E-state index contributed by atoms with van der Waals surface area (Å²) in [7, 11) is 0. The topological polar surface area (TPSA) is 79.3 Å². The largest absolute Gasteiger partial charge is 0.476 e. The van der Waals surface area contributed by atoms with Crippen molar-refractivity contribution in [1.82, 2.24) is 10.3 Å². The van der Waals surface area contributed by atoms with Crippen molar-refractivity contribution in [3.05, 3.63) is 52.0 Å². The predicted octanol–water partition coefficient (Wildman–Crippen LogP) is 3.12. The van der Waals surface area contributed by atoms with Crippen LogP contribution in [0.5, 0.6) is 0 Å². The number of aryl methyl sites for hydroxylation is 1. The summed E-state index contributed by atoms with van der Waals surface area (Å²) in [6, 6.07) is 10.2. The van der Waals surface area contributed by atoms with E-state index in [4.69, 9.17) is 5.11 Å². The molecule has 2 N–H and O–H groups in total. The number of carbonyl (C=O) groups is 2. The van der Waals surface area contributed by atoms with Gasteiger partial charge in [0.1, 0.15) is 5.01 Å². The second-order valence-electron chi connectivity index (χ2n) is 5.43. The first kappa shape index (κ1) is 17.1. The highest BCUT2D eigenvalue weighted by Gasteiger charge is 2.14. The van der Waals surface area contributed by atoms with Gasteiger partial charge >= 0.3 is 5.97 Å². The molecule has 6 heteroatoms. The summed E-state index contributed by atoms with van der Waals surface area (Å²) in [5, 5.41) is 13.7. The number of carboxylic acid groups (broad SMARTS) is 1. The number of carbonyl (C=O) groups excluding carboxylic acids is 1. The molecule has 5 nitrogen and oxygen atoms in total. The van der Waals surface area contributed by atoms with Gasteiger partial charge in [-0.15, -0.1) is 11.3 Å². The van der Waals surface area contributed by atoms with Gasteiger partial charge in [-0.05, 0) is 24.8 Å². The monoisotopic (exact) mass is 332 g/mol. The standard InChI is InChI=1S/C17H20N2O3S/c1-12(6-5-9-13-7-3-2-4-8-13)16(20)18-10-15-19-14(11-23-15)17(21)22/h2-4,7-8,11-12H,5-6,9-10H2,1H3,(H,18,20)(H,21,22). The highest BCUT2D eigenvalue weighted by Crippen LogP contribution is 2.12. The number of aromatic carboxylic acids is 1. The molecular weight excluding hydrogens is 312 g/mol. The number of hydrogen-bond donors (Lipinski definition) is 2. The van der Waals surface area contributed by atoms with E-state index in [0.29, 0.717) is 5.01 Å². The van der Waals surface area contributed by atoms with Crippen molar-refractivity contribution in [2.45, 2.75) is 32.7 Å². The van der Waals surface area contributed by atoms with Gasteiger partial charge in [0.05, 0.1) is 6.54 Å². The van der Waals surface area contributed by atoms with Crippen LogP contribution in [-0.4, -0.2) is 22.0 Å². The molecule has 0 saturated carbocycles. The van der Waals surface area contributed by atoms with Crippen molar-refractivity contribution in [2.75, 3.05) is 0 Å². The van der Waals surface area contributed by atoms with Crippen molar-refractivity contribution < 1.29 is 14.7 Å². The Kier molecular flexibility index (Phi) is 6.29. The van der Waals surface area contributed by atoms with Gasteiger partial charge in [-0.3, -0.25) is 4.79 Å². The molecule has 2 rings (SSSR count). The molecule has 0 saturated heterocycles. The van der Waals surface area contributed by atoms with Crippen LogP contribution in [0.3, 0.4) is 0 Å². The smallest absolute Gasteiger partial charge is 0.355 e. The molecule has 122 valence electrons. The Balaban J connectivity index is 1.71. The molecule has 1 unspecified atom stereocenters. The third-order valence-electron chi connectivity index (χ3n) is 3.58. The Morgan fingerprint density at radius 1 is 1.30 bits per heavy atom. The highest BCUT2D eigenvalue weighted by atomic mass is 32.1. The van der Waals surface area contributed by atoms with Crippen molar-refractivity contribution >= 4 is 23.2 Å². The molecule has 0 bridgehead atoms. The van der Waals surface area contributed by atoms with E-state index in [0.717, 1.165) is 19.3 Å². The Labute approximate surface area is 139 Å². The number of amides is 1. The zero-order valence-electron chi connectivity index (χ0n) is 13.0. The summed E-state index contributed by atoms with van der Waals surface area (Å²) in [5.74, 6) is -1.14. The van der Waals surface area contributed by atoms with Gasteiger partial charge in [-0.25, -0.2) is 9.78 Å². The number of benzene rings is 1. The van der Waals surface area contributed by atoms with Crippen molar-refractivity contribution in [3.8, 4) is 0 Å². The maximum Gasteiger partial charge on any atom is 0.355 e. The van der Waals surface area contributed by atoms with Gasteiger partial charge in [-0.1, -0.05) is 37.3 Å². The van der Waals surface area contributed by atoms with Gasteiger partial charge in [0.15, 0.2) is 5.69 Å². The van der Waals surface area contributed by atoms with Crippen LogP contribution in [0, 0.1) is 5.92 Å². The van der Waals surface area contributed by atoms with Gasteiger partial charge in [0.25, 0.3) is 0 Å². The molecular formula is C17H20N2O3S. The molecule has 0 spiro atoms. The van der Waals surface area contributed by atoms with Gasteiger partial charge < -0.3 is 10.4 Å². The number of hydrogen-bond acceptors (Lipinski definition) is 4. The molecule has 0 radical (unpaired) electrons. The highest BCUT2D eigenvalue weighted by molar-refractivity contribution is 7.09. The van der Waals surface area contributed by atoms with E-state index in [1.165, 1.54) is 22.3 Å². The fraction of sp³-hybridized carbons (Fsp3) is 0.353. The van der Waals surface area contributed by atoms with Crippen LogP contribution in [-0.2, 0) is 17.8 Å². The predicted molar refractivity (Wildman–Crippen MR) is 89.5 cm³/mol. The molecule has 0 fully saturated rings. The van der Waals surface area contributed by atoms with Crippen LogP contribution in [0.25, 0.3) is 0 Å². The summed E-state index contributed by atoms with van der Waals surface area (Å²) < 4.78 is 0. The van der Waals surface area contributed by atoms with E-state index < -0.39 is 5.97 Å². The Hall–Kier alpha value is -2.21. The van der Waals surface area contributed by atoms with Gasteiger partial charge in [0, 0.05) is 11.3 Å². The van der Waals surface area contributed by atoms with E-state index in [9.17, 15) is 9.59 Å². The van der Waals surface area contributed by atoms with Crippen LogP contribution in [0.1, 0.15) is 40.8 Å². The molecule has 23 heavy (non-hydrogen) atoms. The van der Waals surface area contributed by atoms with Gasteiger partial charge in [-0.2, -0.15) is 0 Å². The van der Waals surface area contributed by atoms with Crippen LogP contribution >= 0.6 is 11.3 Å². The van der Waals surface area contributed by atoms with E-state index in [1.807, 2.05) is 25.1 Å². The second kappa shape index (κ2) is 8.43. The maximum absolute atomic E-state index is 12.0. The fourth-order valence-electron chi connectivity index (χ4n) is 2.22. The minimum Gasteiger partial charge on any atom is -0.476 e. The average molecular weight is 332 g/mol. The number of carboxylic acids is 1. The molecule has 1 heterocycles. The maximum atomic E-state index is 12.0. The quantitative estimate of drug-likeness (QED) is 0.778. The zero-order chi connectivity index (χ0) is 16.7. The van der Waals surface area contributed by atoms with E-state index in [-0.39, 0.29) is 24.1 Å². The normalized spacial score (nSPS) is 11.9. The molecule has 1 aromatic heterocycles. The van der Waals surface area contributed by atoms with E-state index in [2.05, 4.69) is 22.4 Å². The molecule has 1 atom stereocenters. The van der Waals surface area contributed by atoms with Crippen LogP contribution in [0.15, 0.2) is 35.7 Å². The van der Waals surface area contributed by atoms with Crippen LogP contribution < -0.4 is 5.32 Å².